The minimum Gasteiger partial charge on any atom is -0.494 e. The molecule has 5 atom stereocenters. The van der Waals surface area contributed by atoms with Crippen molar-refractivity contribution in [1.29, 1.82) is 0 Å². The van der Waals surface area contributed by atoms with Crippen molar-refractivity contribution >= 4 is 54.6 Å². The van der Waals surface area contributed by atoms with Crippen molar-refractivity contribution in [1.82, 2.24) is 16.0 Å². The van der Waals surface area contributed by atoms with Gasteiger partial charge in [0.15, 0.2) is 9.84 Å². The van der Waals surface area contributed by atoms with E-state index < -0.39 is 15.1 Å². The molecule has 0 aromatic heterocycles. The quantitative estimate of drug-likeness (QED) is 0.169. The highest BCUT2D eigenvalue weighted by Gasteiger charge is 2.57. The van der Waals surface area contributed by atoms with Crippen LogP contribution in [-0.2, 0) is 16.4 Å². The van der Waals surface area contributed by atoms with Crippen LogP contribution in [0.5, 0.6) is 5.75 Å². The van der Waals surface area contributed by atoms with E-state index in [4.69, 9.17) is 4.74 Å². The zero-order valence-electron chi connectivity index (χ0n) is 25.0. The molecule has 2 aliphatic heterocycles. The maximum Gasteiger partial charge on any atom is 0.184 e. The number of nitrogens with one attached hydrogen (secondary N) is 3. The van der Waals surface area contributed by atoms with Gasteiger partial charge in [0.05, 0.1) is 16.8 Å². The molecular weight excluding hydrogens is 690 g/mol. The van der Waals surface area contributed by atoms with E-state index in [-0.39, 0.29) is 52.1 Å². The van der Waals surface area contributed by atoms with E-state index in [1.165, 1.54) is 42.0 Å². The van der Waals surface area contributed by atoms with Gasteiger partial charge in [-0.05, 0) is 84.8 Å². The molecule has 0 amide bonds. The molecule has 1 saturated carbocycles. The first-order valence-electron chi connectivity index (χ1n) is 15.7. The second kappa shape index (κ2) is 15.7. The number of halogens is 2. The summed E-state index contributed by atoms with van der Waals surface area (Å²) in [5, 5.41) is 13.2. The van der Waals surface area contributed by atoms with Crippen LogP contribution in [-0.4, -0.2) is 51.0 Å². The standard InChI is InChI=1S/C34H45N3O3S.2BrH/c1-2-3-8-19-40-29-15-17-30(18-16-29)41(38,39)34-31-21-27(23-35-28-11-6-7-12-28)32(37-31)33(34)36-22-24-13-14-25-9-4-5-10-26(25)20-24;;/h4-5,9-10,13-18,20,27-28,31-37H,2-3,6-8,11-12,19,21-23H2,1H3;2*1H/t27-,31-,32+,33+,34+;;/m0../s1. The smallest absolute Gasteiger partial charge is 0.184 e. The van der Waals surface area contributed by atoms with Crippen LogP contribution in [0.1, 0.15) is 63.9 Å². The van der Waals surface area contributed by atoms with Crippen molar-refractivity contribution in [2.75, 3.05) is 13.2 Å². The lowest BCUT2D eigenvalue weighted by atomic mass is 9.84. The fourth-order valence-corrected chi connectivity index (χ4v) is 9.43. The van der Waals surface area contributed by atoms with Crippen LogP contribution < -0.4 is 20.7 Å². The molecule has 6 nitrogen and oxygen atoms in total. The van der Waals surface area contributed by atoms with Crippen LogP contribution >= 0.6 is 34.0 Å². The van der Waals surface area contributed by atoms with Crippen molar-refractivity contribution in [3.8, 4) is 5.75 Å². The van der Waals surface area contributed by atoms with Gasteiger partial charge in [0.1, 0.15) is 5.75 Å². The first kappa shape index (κ1) is 34.4. The summed E-state index contributed by atoms with van der Waals surface area (Å²) in [5.41, 5.74) is 1.17. The zero-order valence-corrected chi connectivity index (χ0v) is 29.3. The average molecular weight is 738 g/mol. The third-order valence-electron chi connectivity index (χ3n) is 9.52. The number of unbranched alkanes of at least 4 members (excludes halogenated alkanes) is 2. The molecule has 2 heterocycles. The van der Waals surface area contributed by atoms with E-state index in [0.29, 0.717) is 30.0 Å². The summed E-state index contributed by atoms with van der Waals surface area (Å²) in [6.45, 7) is 4.42. The molecular formula is C34H47Br2N3O3S. The van der Waals surface area contributed by atoms with Gasteiger partial charge in [-0.2, -0.15) is 0 Å². The van der Waals surface area contributed by atoms with E-state index in [1.54, 1.807) is 12.1 Å². The Balaban J connectivity index is 0.00000212. The summed E-state index contributed by atoms with van der Waals surface area (Å²) in [4.78, 5) is 0.385. The SMILES string of the molecule is Br.Br.CCCCCOc1ccc(S(=O)(=O)[C@H]2[C@H](NCc3ccc4ccccc4c3)[C@@H]3N[C@H]2C[C@H]3CNC2CCCC2)cc1. The lowest BCUT2D eigenvalue weighted by Gasteiger charge is -2.35. The number of hydrogen-bond acceptors (Lipinski definition) is 6. The minimum atomic E-state index is -3.56. The number of sulfone groups is 1. The molecule has 2 bridgehead atoms. The number of ether oxygens (including phenoxy) is 1. The van der Waals surface area contributed by atoms with Crippen molar-refractivity contribution in [2.45, 2.75) is 99.1 Å². The van der Waals surface area contributed by atoms with Gasteiger partial charge in [0.2, 0.25) is 0 Å². The molecule has 6 rings (SSSR count). The van der Waals surface area contributed by atoms with Gasteiger partial charge < -0.3 is 20.7 Å². The molecule has 2 saturated heterocycles. The molecule has 9 heteroatoms. The van der Waals surface area contributed by atoms with E-state index >= 15 is 0 Å². The molecule has 1 aliphatic carbocycles. The molecule has 236 valence electrons. The van der Waals surface area contributed by atoms with Gasteiger partial charge in [0.25, 0.3) is 0 Å². The summed E-state index contributed by atoms with van der Waals surface area (Å²) in [7, 11) is -3.56. The first-order valence-corrected chi connectivity index (χ1v) is 17.2. The number of fused-ring (bicyclic) bond motifs is 3. The number of rotatable bonds is 13. The van der Waals surface area contributed by atoms with E-state index in [9.17, 15) is 8.42 Å². The van der Waals surface area contributed by atoms with Crippen molar-refractivity contribution in [3.05, 3.63) is 72.3 Å². The normalized spacial score (nSPS) is 25.0. The van der Waals surface area contributed by atoms with E-state index in [2.05, 4.69) is 65.3 Å². The second-order valence-electron chi connectivity index (χ2n) is 12.3. The van der Waals surface area contributed by atoms with Gasteiger partial charge in [0, 0.05) is 30.7 Å². The van der Waals surface area contributed by atoms with Crippen molar-refractivity contribution in [3.63, 3.8) is 0 Å². The Labute approximate surface area is 278 Å². The molecule has 3 aromatic carbocycles. The first-order chi connectivity index (χ1) is 20.0. The molecule has 43 heavy (non-hydrogen) atoms. The number of benzene rings is 3. The van der Waals surface area contributed by atoms with E-state index in [1.807, 2.05) is 12.1 Å². The molecule has 3 fully saturated rings. The maximum atomic E-state index is 14.2. The minimum absolute atomic E-state index is 0. The Morgan fingerprint density at radius 3 is 2.40 bits per heavy atom. The van der Waals surface area contributed by atoms with Crippen LogP contribution in [0.15, 0.2) is 71.6 Å². The molecule has 3 aliphatic rings. The van der Waals surface area contributed by atoms with Crippen molar-refractivity contribution < 1.29 is 13.2 Å². The predicted octanol–water partition coefficient (Wildman–Crippen LogP) is 6.76. The Kier molecular flexibility index (Phi) is 12.5. The lowest BCUT2D eigenvalue weighted by molar-refractivity contribution is 0.302. The summed E-state index contributed by atoms with van der Waals surface area (Å²) in [5.74, 6) is 1.15. The maximum absolute atomic E-state index is 14.2. The summed E-state index contributed by atoms with van der Waals surface area (Å²) in [6, 6.07) is 22.5. The van der Waals surface area contributed by atoms with Gasteiger partial charge >= 0.3 is 0 Å². The molecule has 0 unspecified atom stereocenters. The molecule has 0 spiro atoms. The van der Waals surface area contributed by atoms with Gasteiger partial charge in [-0.25, -0.2) is 8.42 Å². The highest BCUT2D eigenvalue weighted by atomic mass is 79.9. The fourth-order valence-electron chi connectivity index (χ4n) is 7.32. The third-order valence-corrected chi connectivity index (χ3v) is 11.8. The summed E-state index contributed by atoms with van der Waals surface area (Å²) in [6.07, 6.45) is 9.31. The third kappa shape index (κ3) is 7.85. The molecule has 0 radical (unpaired) electrons. The predicted molar refractivity (Wildman–Crippen MR) is 187 cm³/mol. The average Bonchev–Trinajstić information content (AvgIpc) is 3.74. The van der Waals surface area contributed by atoms with Crippen LogP contribution in [0.3, 0.4) is 0 Å². The van der Waals surface area contributed by atoms with Gasteiger partial charge in [-0.1, -0.05) is 69.0 Å². The Morgan fingerprint density at radius 1 is 0.907 bits per heavy atom. The second-order valence-corrected chi connectivity index (χ2v) is 14.4. The van der Waals surface area contributed by atoms with Crippen LogP contribution in [0.4, 0.5) is 0 Å². The van der Waals surface area contributed by atoms with Gasteiger partial charge in [-0.15, -0.1) is 34.0 Å². The highest BCUT2D eigenvalue weighted by Crippen LogP contribution is 2.40. The van der Waals surface area contributed by atoms with Gasteiger partial charge in [-0.3, -0.25) is 0 Å². The zero-order chi connectivity index (χ0) is 28.2. The Hall–Kier alpha value is -1.49. The fraction of sp³-hybridized carbons (Fsp3) is 0.529. The highest BCUT2D eigenvalue weighted by molar-refractivity contribution is 8.93. The molecule has 3 N–H and O–H groups in total. The summed E-state index contributed by atoms with van der Waals surface area (Å²) >= 11 is 0. The summed E-state index contributed by atoms with van der Waals surface area (Å²) < 4.78 is 34.2. The van der Waals surface area contributed by atoms with Crippen molar-refractivity contribution in [2.24, 2.45) is 5.92 Å². The molecule has 3 aromatic rings. The van der Waals surface area contributed by atoms with Crippen LogP contribution in [0.25, 0.3) is 10.8 Å². The topological polar surface area (TPSA) is 79.5 Å². The van der Waals surface area contributed by atoms with Crippen LogP contribution in [0, 0.1) is 5.92 Å². The number of hydrogen-bond donors (Lipinski definition) is 3. The van der Waals surface area contributed by atoms with Crippen LogP contribution in [0.2, 0.25) is 0 Å². The monoisotopic (exact) mass is 735 g/mol. The Bertz CT molecular complexity index is 1420. The van der Waals surface area contributed by atoms with E-state index in [0.717, 1.165) is 38.0 Å². The Morgan fingerprint density at radius 2 is 1.65 bits per heavy atom. The largest absolute Gasteiger partial charge is 0.494 e. The lowest BCUT2D eigenvalue weighted by Crippen LogP contribution is -2.55.